The Kier molecular flexibility index (Phi) is 4.94. The third-order valence-corrected chi connectivity index (χ3v) is 4.02. The fraction of sp³-hybridized carbons (Fsp3) is 0.462. The summed E-state index contributed by atoms with van der Waals surface area (Å²) in [5, 5.41) is 8.90. The number of hydrogen-bond donors (Lipinski definition) is 2. The summed E-state index contributed by atoms with van der Waals surface area (Å²) in [4.78, 5) is 10.9. The van der Waals surface area contributed by atoms with E-state index < -0.39 is 16.0 Å². The van der Waals surface area contributed by atoms with Crippen molar-refractivity contribution in [3.8, 4) is 0 Å². The minimum atomic E-state index is -3.44. The van der Waals surface area contributed by atoms with Gasteiger partial charge in [0.25, 0.3) is 0 Å². The van der Waals surface area contributed by atoms with Gasteiger partial charge in [-0.1, -0.05) is 19.9 Å². The van der Waals surface area contributed by atoms with Crippen LogP contribution >= 0.6 is 0 Å². The van der Waals surface area contributed by atoms with Crippen molar-refractivity contribution in [2.45, 2.75) is 27.2 Å². The van der Waals surface area contributed by atoms with Crippen LogP contribution in [0.2, 0.25) is 0 Å². The van der Waals surface area contributed by atoms with Crippen LogP contribution < -0.4 is 4.72 Å². The van der Waals surface area contributed by atoms with Crippen LogP contribution in [0, 0.1) is 12.8 Å². The largest absolute Gasteiger partial charge is 0.478 e. The molecule has 19 heavy (non-hydrogen) atoms. The van der Waals surface area contributed by atoms with Crippen molar-refractivity contribution in [2.75, 3.05) is 10.5 Å². The molecule has 0 saturated heterocycles. The predicted octanol–water partition coefficient (Wildman–Crippen LogP) is 2.48. The molecule has 2 N–H and O–H groups in total. The highest BCUT2D eigenvalue weighted by atomic mass is 32.2. The second-order valence-electron chi connectivity index (χ2n) is 4.94. The van der Waals surface area contributed by atoms with Crippen LogP contribution in [0.15, 0.2) is 18.2 Å². The molecule has 0 amide bonds. The van der Waals surface area contributed by atoms with Crippen molar-refractivity contribution < 1.29 is 18.3 Å². The minimum Gasteiger partial charge on any atom is -0.478 e. The molecule has 0 bridgehead atoms. The smallest absolute Gasteiger partial charge is 0.335 e. The molecule has 0 spiro atoms. The van der Waals surface area contributed by atoms with Crippen molar-refractivity contribution in [2.24, 2.45) is 5.92 Å². The lowest BCUT2D eigenvalue weighted by Gasteiger charge is -2.12. The Balaban J connectivity index is 2.92. The molecule has 0 aliphatic carbocycles. The topological polar surface area (TPSA) is 83.5 Å². The quantitative estimate of drug-likeness (QED) is 0.841. The van der Waals surface area contributed by atoms with E-state index in [0.29, 0.717) is 23.6 Å². The van der Waals surface area contributed by atoms with Gasteiger partial charge >= 0.3 is 5.97 Å². The van der Waals surface area contributed by atoms with E-state index in [0.717, 1.165) is 0 Å². The monoisotopic (exact) mass is 285 g/mol. The molecule has 0 unspecified atom stereocenters. The summed E-state index contributed by atoms with van der Waals surface area (Å²) in [6.45, 7) is 5.63. The predicted molar refractivity (Wildman–Crippen MR) is 75.0 cm³/mol. The van der Waals surface area contributed by atoms with Gasteiger partial charge in [0, 0.05) is 0 Å². The average Bonchev–Trinajstić information content (AvgIpc) is 2.29. The number of carbonyl (C=O) groups is 1. The zero-order valence-electron chi connectivity index (χ0n) is 11.3. The number of nitrogens with one attached hydrogen (secondary N) is 1. The maximum absolute atomic E-state index is 11.9. The Morgan fingerprint density at radius 1 is 1.37 bits per heavy atom. The molecule has 106 valence electrons. The van der Waals surface area contributed by atoms with Gasteiger partial charge in [0.1, 0.15) is 0 Å². The first-order chi connectivity index (χ1) is 8.71. The molecule has 1 aromatic rings. The molecular formula is C13H19NO4S. The second kappa shape index (κ2) is 6.06. The second-order valence-corrected chi connectivity index (χ2v) is 6.78. The van der Waals surface area contributed by atoms with E-state index in [-0.39, 0.29) is 11.3 Å². The van der Waals surface area contributed by atoms with Crippen molar-refractivity contribution in [1.29, 1.82) is 0 Å². The zero-order valence-corrected chi connectivity index (χ0v) is 12.1. The number of carboxylic acids is 1. The van der Waals surface area contributed by atoms with Crippen LogP contribution in [0.3, 0.4) is 0 Å². The summed E-state index contributed by atoms with van der Waals surface area (Å²) in [6.07, 6.45) is 0.563. The van der Waals surface area contributed by atoms with Gasteiger partial charge < -0.3 is 5.11 Å². The van der Waals surface area contributed by atoms with Crippen LogP contribution in [0.5, 0.6) is 0 Å². The maximum Gasteiger partial charge on any atom is 0.335 e. The summed E-state index contributed by atoms with van der Waals surface area (Å²) >= 11 is 0. The Hall–Kier alpha value is -1.56. The zero-order chi connectivity index (χ0) is 14.6. The standard InChI is InChI=1S/C13H19NO4S/c1-9(2)6-7-19(17,18)14-12-8-11(13(15)16)5-4-10(12)3/h4-5,8-9,14H,6-7H2,1-3H3,(H,15,16). The fourth-order valence-electron chi connectivity index (χ4n) is 1.47. The molecule has 0 aliphatic heterocycles. The lowest BCUT2D eigenvalue weighted by molar-refractivity contribution is 0.0697. The molecule has 0 atom stereocenters. The Morgan fingerprint density at radius 2 is 2.00 bits per heavy atom. The Morgan fingerprint density at radius 3 is 2.53 bits per heavy atom. The van der Waals surface area contributed by atoms with Crippen molar-refractivity contribution in [3.63, 3.8) is 0 Å². The number of hydrogen-bond acceptors (Lipinski definition) is 3. The molecule has 0 heterocycles. The lowest BCUT2D eigenvalue weighted by Crippen LogP contribution is -2.18. The maximum atomic E-state index is 11.9. The molecule has 1 aromatic carbocycles. The van der Waals surface area contributed by atoms with Gasteiger partial charge in [-0.05, 0) is 37.0 Å². The van der Waals surface area contributed by atoms with Gasteiger partial charge in [0.2, 0.25) is 10.0 Å². The van der Waals surface area contributed by atoms with Gasteiger partial charge in [-0.15, -0.1) is 0 Å². The van der Waals surface area contributed by atoms with Crippen LogP contribution in [0.25, 0.3) is 0 Å². The van der Waals surface area contributed by atoms with Gasteiger partial charge in [-0.25, -0.2) is 13.2 Å². The molecule has 0 aliphatic rings. The number of aryl methyl sites for hydroxylation is 1. The van der Waals surface area contributed by atoms with Gasteiger partial charge in [0.05, 0.1) is 17.0 Å². The van der Waals surface area contributed by atoms with E-state index in [2.05, 4.69) is 4.72 Å². The number of sulfonamides is 1. The van der Waals surface area contributed by atoms with E-state index in [4.69, 9.17) is 5.11 Å². The van der Waals surface area contributed by atoms with E-state index >= 15 is 0 Å². The summed E-state index contributed by atoms with van der Waals surface area (Å²) in [7, 11) is -3.44. The molecule has 0 radical (unpaired) electrons. The highest BCUT2D eigenvalue weighted by molar-refractivity contribution is 7.92. The molecule has 0 fully saturated rings. The van der Waals surface area contributed by atoms with Crippen LogP contribution in [-0.4, -0.2) is 25.2 Å². The number of carboxylic acid groups (broad SMARTS) is 1. The van der Waals surface area contributed by atoms with Crippen LogP contribution in [0.1, 0.15) is 36.2 Å². The Bertz CT molecular complexity index is 564. The number of aromatic carboxylic acids is 1. The van der Waals surface area contributed by atoms with Gasteiger partial charge in [-0.3, -0.25) is 4.72 Å². The molecule has 6 heteroatoms. The van der Waals surface area contributed by atoms with Crippen LogP contribution in [-0.2, 0) is 10.0 Å². The van der Waals surface area contributed by atoms with Crippen molar-refractivity contribution in [3.05, 3.63) is 29.3 Å². The SMILES string of the molecule is Cc1ccc(C(=O)O)cc1NS(=O)(=O)CCC(C)C. The average molecular weight is 285 g/mol. The first kappa shape index (κ1) is 15.5. The van der Waals surface area contributed by atoms with E-state index in [1.165, 1.54) is 12.1 Å². The highest BCUT2D eigenvalue weighted by Crippen LogP contribution is 2.19. The van der Waals surface area contributed by atoms with E-state index in [9.17, 15) is 13.2 Å². The summed E-state index contributed by atoms with van der Waals surface area (Å²) in [6, 6.07) is 4.37. The first-order valence-corrected chi connectivity index (χ1v) is 7.71. The minimum absolute atomic E-state index is 0.0292. The lowest BCUT2D eigenvalue weighted by atomic mass is 10.1. The summed E-state index contributed by atoms with van der Waals surface area (Å²) in [5.41, 5.74) is 1.08. The highest BCUT2D eigenvalue weighted by Gasteiger charge is 2.14. The van der Waals surface area contributed by atoms with E-state index in [1.807, 2.05) is 13.8 Å². The molecule has 1 rings (SSSR count). The van der Waals surface area contributed by atoms with Crippen LogP contribution in [0.4, 0.5) is 5.69 Å². The third kappa shape index (κ3) is 4.90. The molecule has 0 aromatic heterocycles. The molecule has 5 nitrogen and oxygen atoms in total. The van der Waals surface area contributed by atoms with Crippen molar-refractivity contribution >= 4 is 21.7 Å². The Labute approximate surface area is 113 Å². The van der Waals surface area contributed by atoms with Gasteiger partial charge in [-0.2, -0.15) is 0 Å². The third-order valence-electron chi connectivity index (χ3n) is 2.71. The molecule has 0 saturated carbocycles. The van der Waals surface area contributed by atoms with Crippen molar-refractivity contribution in [1.82, 2.24) is 0 Å². The van der Waals surface area contributed by atoms with Gasteiger partial charge in [0.15, 0.2) is 0 Å². The number of anilines is 1. The van der Waals surface area contributed by atoms with E-state index in [1.54, 1.807) is 13.0 Å². The number of benzene rings is 1. The fourth-order valence-corrected chi connectivity index (χ4v) is 2.91. The summed E-state index contributed by atoms with van der Waals surface area (Å²) in [5.74, 6) is -0.757. The normalized spacial score (nSPS) is 11.6. The number of rotatable bonds is 6. The molecular weight excluding hydrogens is 266 g/mol. The summed E-state index contributed by atoms with van der Waals surface area (Å²) < 4.78 is 26.2. The first-order valence-electron chi connectivity index (χ1n) is 6.05.